The van der Waals surface area contributed by atoms with E-state index in [1.807, 2.05) is 30.3 Å². The second-order valence-electron chi connectivity index (χ2n) is 5.94. The number of carbonyl (C=O) groups is 1. The van der Waals surface area contributed by atoms with Gasteiger partial charge < -0.3 is 9.84 Å². The average molecular weight is 284 g/mol. The van der Waals surface area contributed by atoms with Crippen molar-refractivity contribution in [3.63, 3.8) is 0 Å². The predicted octanol–water partition coefficient (Wildman–Crippen LogP) is 4.03. The van der Waals surface area contributed by atoms with E-state index in [0.717, 1.165) is 31.2 Å². The number of allylic oxidation sites excluding steroid dienone is 1. The molecule has 0 bridgehead atoms. The maximum Gasteiger partial charge on any atom is 0.338 e. The molecule has 1 fully saturated rings. The number of rotatable bonds is 3. The summed E-state index contributed by atoms with van der Waals surface area (Å²) in [5.41, 5.74) is 0.815. The van der Waals surface area contributed by atoms with Crippen molar-refractivity contribution in [1.82, 2.24) is 0 Å². The number of hydrogen-bond donors (Lipinski definition) is 1. The zero-order valence-electron chi connectivity index (χ0n) is 12.0. The van der Waals surface area contributed by atoms with Gasteiger partial charge in [-0.15, -0.1) is 6.58 Å². The van der Waals surface area contributed by atoms with Gasteiger partial charge in [-0.2, -0.15) is 0 Å². The van der Waals surface area contributed by atoms with Crippen molar-refractivity contribution in [3.05, 3.63) is 59.9 Å². The first-order valence-corrected chi connectivity index (χ1v) is 7.48. The summed E-state index contributed by atoms with van der Waals surface area (Å²) in [4.78, 5) is 12.5. The van der Waals surface area contributed by atoms with Crippen LogP contribution >= 0.6 is 0 Å². The second kappa shape index (κ2) is 5.40. The first-order valence-electron chi connectivity index (χ1n) is 7.48. The van der Waals surface area contributed by atoms with Gasteiger partial charge in [0.1, 0.15) is 11.4 Å². The van der Waals surface area contributed by atoms with Gasteiger partial charge in [0.05, 0.1) is 5.57 Å². The molecule has 0 saturated heterocycles. The summed E-state index contributed by atoms with van der Waals surface area (Å²) in [6.45, 7) is 3.82. The van der Waals surface area contributed by atoms with Crippen LogP contribution in [-0.4, -0.2) is 16.7 Å². The van der Waals surface area contributed by atoms with E-state index >= 15 is 0 Å². The molecule has 21 heavy (non-hydrogen) atoms. The van der Waals surface area contributed by atoms with E-state index in [2.05, 4.69) is 6.58 Å². The summed E-state index contributed by atoms with van der Waals surface area (Å²) >= 11 is 0. The summed E-state index contributed by atoms with van der Waals surface area (Å²) in [5.74, 6) is -0.547. The molecule has 1 heterocycles. The summed E-state index contributed by atoms with van der Waals surface area (Å²) in [6, 6.07) is 9.61. The number of aliphatic hydroxyl groups excluding tert-OH is 1. The van der Waals surface area contributed by atoms with E-state index in [-0.39, 0.29) is 11.7 Å². The Morgan fingerprint density at radius 2 is 1.90 bits per heavy atom. The highest BCUT2D eigenvalue weighted by molar-refractivity contribution is 5.92. The molecular formula is C18H20O3. The first kappa shape index (κ1) is 13.9. The van der Waals surface area contributed by atoms with Crippen LogP contribution in [0.25, 0.3) is 0 Å². The highest BCUT2D eigenvalue weighted by atomic mass is 16.6. The highest BCUT2D eigenvalue weighted by Crippen LogP contribution is 2.44. The highest BCUT2D eigenvalue weighted by Gasteiger charge is 2.45. The average Bonchev–Trinajstić information content (AvgIpc) is 2.91. The fourth-order valence-electron chi connectivity index (χ4n) is 3.49. The molecule has 1 aliphatic heterocycles. The van der Waals surface area contributed by atoms with Gasteiger partial charge in [-0.1, -0.05) is 36.4 Å². The quantitative estimate of drug-likeness (QED) is 0.673. The smallest absolute Gasteiger partial charge is 0.338 e. The lowest BCUT2D eigenvalue weighted by molar-refractivity contribution is -0.158. The van der Waals surface area contributed by atoms with Gasteiger partial charge in [0, 0.05) is 12.3 Å². The standard InChI is InChI=1S/C18H20O3/c1-2-14(13-8-4-3-5-9-13)16-15(19)12-18(21-17(16)20)10-6-7-11-18/h2-5,8-9,14,19H,1,6-7,10-12H2/t14-/m1/s1. The monoisotopic (exact) mass is 284 g/mol. The van der Waals surface area contributed by atoms with E-state index in [0.29, 0.717) is 12.0 Å². The third-order valence-corrected chi connectivity index (χ3v) is 4.55. The van der Waals surface area contributed by atoms with E-state index in [9.17, 15) is 9.90 Å². The normalized spacial score (nSPS) is 22.2. The Bertz CT molecular complexity index is 580. The number of hydrogen-bond acceptors (Lipinski definition) is 3. The second-order valence-corrected chi connectivity index (χ2v) is 5.94. The molecule has 0 radical (unpaired) electrons. The molecule has 1 saturated carbocycles. The lowest BCUT2D eigenvalue weighted by Crippen LogP contribution is -2.38. The van der Waals surface area contributed by atoms with Crippen molar-refractivity contribution >= 4 is 5.97 Å². The van der Waals surface area contributed by atoms with Crippen LogP contribution in [0.1, 0.15) is 43.6 Å². The van der Waals surface area contributed by atoms with Gasteiger partial charge in [-0.05, 0) is 31.2 Å². The number of esters is 1. The van der Waals surface area contributed by atoms with Crippen molar-refractivity contribution < 1.29 is 14.6 Å². The molecule has 1 spiro atoms. The summed E-state index contributed by atoms with van der Waals surface area (Å²) in [5, 5.41) is 10.5. The van der Waals surface area contributed by atoms with Gasteiger partial charge in [0.2, 0.25) is 0 Å². The number of aliphatic hydroxyl groups is 1. The van der Waals surface area contributed by atoms with Crippen molar-refractivity contribution in [2.45, 2.75) is 43.6 Å². The Labute approximate surface area is 124 Å². The molecular weight excluding hydrogens is 264 g/mol. The molecule has 1 aromatic carbocycles. The Hall–Kier alpha value is -2.03. The van der Waals surface area contributed by atoms with E-state index < -0.39 is 11.6 Å². The summed E-state index contributed by atoms with van der Waals surface area (Å²) < 4.78 is 5.72. The lowest BCUT2D eigenvalue weighted by Gasteiger charge is -2.35. The fraction of sp³-hybridized carbons (Fsp3) is 0.389. The molecule has 1 atom stereocenters. The Kier molecular flexibility index (Phi) is 3.58. The van der Waals surface area contributed by atoms with Gasteiger partial charge in [0.15, 0.2) is 0 Å². The molecule has 3 rings (SSSR count). The molecule has 3 heteroatoms. The van der Waals surface area contributed by atoms with Crippen LogP contribution in [0.4, 0.5) is 0 Å². The fourth-order valence-corrected chi connectivity index (χ4v) is 3.49. The van der Waals surface area contributed by atoms with Crippen molar-refractivity contribution in [2.75, 3.05) is 0 Å². The maximum atomic E-state index is 12.5. The van der Waals surface area contributed by atoms with Gasteiger partial charge in [-0.3, -0.25) is 0 Å². The molecule has 0 unspecified atom stereocenters. The molecule has 1 aliphatic carbocycles. The van der Waals surface area contributed by atoms with Crippen LogP contribution in [0.5, 0.6) is 0 Å². The minimum atomic E-state index is -0.465. The molecule has 1 N–H and O–H groups in total. The Morgan fingerprint density at radius 1 is 1.24 bits per heavy atom. The van der Waals surface area contributed by atoms with Gasteiger partial charge >= 0.3 is 5.97 Å². The van der Waals surface area contributed by atoms with Crippen LogP contribution < -0.4 is 0 Å². The minimum absolute atomic E-state index is 0.168. The van der Waals surface area contributed by atoms with Crippen LogP contribution in [0.2, 0.25) is 0 Å². The third kappa shape index (κ3) is 2.48. The molecule has 1 aromatic rings. The molecule has 3 nitrogen and oxygen atoms in total. The zero-order chi connectivity index (χ0) is 14.9. The molecule has 2 aliphatic rings. The first-order chi connectivity index (χ1) is 10.2. The largest absolute Gasteiger partial charge is 0.512 e. The lowest BCUT2D eigenvalue weighted by atomic mass is 9.84. The third-order valence-electron chi connectivity index (χ3n) is 4.55. The molecule has 0 aromatic heterocycles. The Morgan fingerprint density at radius 3 is 2.48 bits per heavy atom. The van der Waals surface area contributed by atoms with Crippen LogP contribution in [0.15, 0.2) is 54.3 Å². The summed E-state index contributed by atoms with van der Waals surface area (Å²) in [6.07, 6.45) is 5.93. The van der Waals surface area contributed by atoms with Gasteiger partial charge in [0.25, 0.3) is 0 Å². The number of ether oxygens (including phenoxy) is 1. The molecule has 0 amide bonds. The van der Waals surface area contributed by atoms with Crippen molar-refractivity contribution in [3.8, 4) is 0 Å². The van der Waals surface area contributed by atoms with E-state index in [4.69, 9.17) is 4.74 Å². The van der Waals surface area contributed by atoms with Crippen LogP contribution in [0, 0.1) is 0 Å². The van der Waals surface area contributed by atoms with E-state index in [1.165, 1.54) is 0 Å². The van der Waals surface area contributed by atoms with Crippen LogP contribution in [-0.2, 0) is 9.53 Å². The van der Waals surface area contributed by atoms with Gasteiger partial charge in [-0.25, -0.2) is 4.79 Å². The minimum Gasteiger partial charge on any atom is -0.512 e. The SMILES string of the molecule is C=C[C@@H](C1=C(O)CC2(CCCC2)OC1=O)c1ccccc1. The predicted molar refractivity (Wildman–Crippen MR) is 80.9 cm³/mol. The van der Waals surface area contributed by atoms with Crippen molar-refractivity contribution in [2.24, 2.45) is 0 Å². The van der Waals surface area contributed by atoms with Crippen molar-refractivity contribution in [1.29, 1.82) is 0 Å². The van der Waals surface area contributed by atoms with E-state index in [1.54, 1.807) is 6.08 Å². The number of carbonyl (C=O) groups excluding carboxylic acids is 1. The van der Waals surface area contributed by atoms with Crippen LogP contribution in [0.3, 0.4) is 0 Å². The maximum absolute atomic E-state index is 12.5. The summed E-state index contributed by atoms with van der Waals surface area (Å²) in [7, 11) is 0. The number of benzene rings is 1. The Balaban J connectivity index is 1.96. The molecule has 110 valence electrons. The topological polar surface area (TPSA) is 46.5 Å². The zero-order valence-corrected chi connectivity index (χ0v) is 12.0.